The lowest BCUT2D eigenvalue weighted by Gasteiger charge is -2.40. The van der Waals surface area contributed by atoms with Gasteiger partial charge in [0, 0.05) is 29.4 Å². The Kier molecular flexibility index (Phi) is 5.53. The second kappa shape index (κ2) is 8.42. The summed E-state index contributed by atoms with van der Waals surface area (Å²) in [6.07, 6.45) is 3.10. The van der Waals surface area contributed by atoms with Crippen molar-refractivity contribution in [2.24, 2.45) is 5.92 Å². The number of carbonyl (C=O) groups is 1. The normalized spacial score (nSPS) is 22.4. The number of amides is 1. The summed E-state index contributed by atoms with van der Waals surface area (Å²) < 4.78 is 0. The third-order valence-corrected chi connectivity index (χ3v) is 8.09. The monoisotopic (exact) mass is 422 g/mol. The van der Waals surface area contributed by atoms with Crippen LogP contribution in [0.5, 0.6) is 0 Å². The molecule has 2 atom stereocenters. The van der Waals surface area contributed by atoms with Crippen molar-refractivity contribution in [2.75, 3.05) is 19.6 Å². The zero-order valence-corrected chi connectivity index (χ0v) is 18.1. The van der Waals surface area contributed by atoms with Gasteiger partial charge in [0.25, 0.3) is 0 Å². The van der Waals surface area contributed by atoms with Gasteiger partial charge in [0.1, 0.15) is 0 Å². The number of piperidine rings is 1. The van der Waals surface area contributed by atoms with Gasteiger partial charge >= 0.3 is 0 Å². The van der Waals surface area contributed by atoms with Gasteiger partial charge in [0.15, 0.2) is 0 Å². The number of likely N-dealkylation sites (tertiary alicyclic amines) is 1. The molecule has 150 valence electrons. The van der Waals surface area contributed by atoms with Crippen LogP contribution in [0.25, 0.3) is 0 Å². The summed E-state index contributed by atoms with van der Waals surface area (Å²) in [4.78, 5) is 21.1. The largest absolute Gasteiger partial charge is 0.330 e. The highest BCUT2D eigenvalue weighted by atomic mass is 32.1. The summed E-state index contributed by atoms with van der Waals surface area (Å²) in [7, 11) is 0. The Balaban J connectivity index is 1.35. The number of hydrogen-bond donors (Lipinski definition) is 0. The number of hydrogen-bond acceptors (Lipinski definition) is 4. The molecule has 0 radical (unpaired) electrons. The van der Waals surface area contributed by atoms with E-state index in [0.29, 0.717) is 5.91 Å². The van der Waals surface area contributed by atoms with Crippen LogP contribution in [0, 0.1) is 5.92 Å². The van der Waals surface area contributed by atoms with Crippen LogP contribution in [-0.2, 0) is 17.8 Å². The molecule has 3 aromatic rings. The molecule has 0 saturated carbocycles. The molecule has 2 aliphatic rings. The molecule has 3 nitrogen and oxygen atoms in total. The summed E-state index contributed by atoms with van der Waals surface area (Å²) in [5, 5.41) is 4.31. The first-order valence-corrected chi connectivity index (χ1v) is 12.2. The standard InChI is InChI=1S/C24H26N2OS2/c27-24(19-8-4-12-25(17-19)16-18-6-2-1-3-7-18)26-13-10-21-20(11-15-29-21)23(26)22-9-5-14-28-22/h1-3,5-7,9,11,14-15,19,23H,4,8,10,12-13,16-17H2. The number of thiophene rings is 2. The Morgan fingerprint density at radius 3 is 2.72 bits per heavy atom. The summed E-state index contributed by atoms with van der Waals surface area (Å²) in [5.41, 5.74) is 2.67. The minimum absolute atomic E-state index is 0.0991. The van der Waals surface area contributed by atoms with Crippen LogP contribution in [0.3, 0.4) is 0 Å². The van der Waals surface area contributed by atoms with Crippen molar-refractivity contribution in [3.8, 4) is 0 Å². The van der Waals surface area contributed by atoms with E-state index in [0.717, 1.165) is 45.4 Å². The molecule has 1 aromatic carbocycles. The second-order valence-corrected chi connectivity index (χ2v) is 10.0. The molecule has 0 aliphatic carbocycles. The molecule has 1 saturated heterocycles. The van der Waals surface area contributed by atoms with Crippen molar-refractivity contribution in [3.05, 3.63) is 80.2 Å². The van der Waals surface area contributed by atoms with Crippen molar-refractivity contribution >= 4 is 28.6 Å². The van der Waals surface area contributed by atoms with Crippen LogP contribution in [0.15, 0.2) is 59.3 Å². The predicted molar refractivity (Wildman–Crippen MR) is 120 cm³/mol. The van der Waals surface area contributed by atoms with Crippen molar-refractivity contribution in [3.63, 3.8) is 0 Å². The Morgan fingerprint density at radius 1 is 1.00 bits per heavy atom. The molecule has 4 heterocycles. The average molecular weight is 423 g/mol. The lowest BCUT2D eigenvalue weighted by atomic mass is 9.92. The molecule has 2 aromatic heterocycles. The van der Waals surface area contributed by atoms with E-state index >= 15 is 0 Å². The van der Waals surface area contributed by atoms with E-state index in [1.54, 1.807) is 11.3 Å². The lowest BCUT2D eigenvalue weighted by Crippen LogP contribution is -2.47. The Hall–Kier alpha value is -1.95. The van der Waals surface area contributed by atoms with E-state index in [9.17, 15) is 4.79 Å². The lowest BCUT2D eigenvalue weighted by molar-refractivity contribution is -0.139. The first kappa shape index (κ1) is 19.0. The Morgan fingerprint density at radius 2 is 1.90 bits per heavy atom. The van der Waals surface area contributed by atoms with Gasteiger partial charge in [-0.25, -0.2) is 0 Å². The minimum atomic E-state index is 0.0991. The highest BCUT2D eigenvalue weighted by molar-refractivity contribution is 7.10. The highest BCUT2D eigenvalue weighted by Gasteiger charge is 2.37. The fourth-order valence-electron chi connectivity index (χ4n) is 4.78. The Labute approximate surface area is 180 Å². The number of carbonyl (C=O) groups excluding carboxylic acids is 1. The topological polar surface area (TPSA) is 23.6 Å². The highest BCUT2D eigenvalue weighted by Crippen LogP contribution is 2.40. The fourth-order valence-corrected chi connectivity index (χ4v) is 6.54. The summed E-state index contributed by atoms with van der Waals surface area (Å²) in [5.74, 6) is 0.452. The zero-order chi connectivity index (χ0) is 19.6. The van der Waals surface area contributed by atoms with Crippen molar-refractivity contribution in [2.45, 2.75) is 31.8 Å². The molecular weight excluding hydrogens is 396 g/mol. The fraction of sp³-hybridized carbons (Fsp3) is 0.375. The quantitative estimate of drug-likeness (QED) is 0.577. The molecule has 0 spiro atoms. The molecular formula is C24H26N2OS2. The summed E-state index contributed by atoms with van der Waals surface area (Å²) in [6.45, 7) is 3.73. The zero-order valence-electron chi connectivity index (χ0n) is 16.5. The van der Waals surface area contributed by atoms with Crippen LogP contribution in [0.4, 0.5) is 0 Å². The summed E-state index contributed by atoms with van der Waals surface area (Å²) >= 11 is 3.60. The number of rotatable bonds is 4. The van der Waals surface area contributed by atoms with Crippen molar-refractivity contribution in [1.29, 1.82) is 0 Å². The van der Waals surface area contributed by atoms with Gasteiger partial charge in [-0.3, -0.25) is 9.69 Å². The van der Waals surface area contributed by atoms with E-state index in [-0.39, 0.29) is 12.0 Å². The average Bonchev–Trinajstić information content (AvgIpc) is 3.45. The molecule has 5 heteroatoms. The van der Waals surface area contributed by atoms with Crippen LogP contribution < -0.4 is 0 Å². The predicted octanol–water partition coefficient (Wildman–Crippen LogP) is 5.20. The van der Waals surface area contributed by atoms with Crippen molar-refractivity contribution in [1.82, 2.24) is 9.80 Å². The molecule has 0 bridgehead atoms. The van der Waals surface area contributed by atoms with Gasteiger partial charge in [0.05, 0.1) is 12.0 Å². The number of fused-ring (bicyclic) bond motifs is 1. The molecule has 2 unspecified atom stereocenters. The van der Waals surface area contributed by atoms with E-state index in [4.69, 9.17) is 0 Å². The second-order valence-electron chi connectivity index (χ2n) is 8.06. The van der Waals surface area contributed by atoms with E-state index in [1.165, 1.54) is 20.9 Å². The van der Waals surface area contributed by atoms with Gasteiger partial charge in [-0.15, -0.1) is 22.7 Å². The summed E-state index contributed by atoms with van der Waals surface area (Å²) in [6, 6.07) is 17.2. The van der Waals surface area contributed by atoms with Crippen LogP contribution in [-0.4, -0.2) is 35.3 Å². The maximum atomic E-state index is 13.7. The smallest absolute Gasteiger partial charge is 0.227 e. The van der Waals surface area contributed by atoms with Gasteiger partial charge in [0.2, 0.25) is 5.91 Å². The Bertz CT molecular complexity index is 950. The third-order valence-electron chi connectivity index (χ3n) is 6.17. The molecule has 0 N–H and O–H groups in total. The third kappa shape index (κ3) is 3.91. The molecule has 1 fully saturated rings. The molecule has 1 amide bonds. The van der Waals surface area contributed by atoms with Gasteiger partial charge < -0.3 is 4.90 Å². The van der Waals surface area contributed by atoms with Gasteiger partial charge in [-0.05, 0) is 59.8 Å². The van der Waals surface area contributed by atoms with Crippen LogP contribution in [0.2, 0.25) is 0 Å². The molecule has 5 rings (SSSR count). The maximum absolute atomic E-state index is 13.7. The molecule has 29 heavy (non-hydrogen) atoms. The van der Waals surface area contributed by atoms with Crippen LogP contribution in [0.1, 0.15) is 39.8 Å². The first-order chi connectivity index (χ1) is 14.3. The number of nitrogens with zero attached hydrogens (tertiary/aromatic N) is 2. The van der Waals surface area contributed by atoms with Crippen molar-refractivity contribution < 1.29 is 4.79 Å². The minimum Gasteiger partial charge on any atom is -0.330 e. The van der Waals surface area contributed by atoms with E-state index in [1.807, 2.05) is 11.3 Å². The van der Waals surface area contributed by atoms with Gasteiger partial charge in [-0.2, -0.15) is 0 Å². The van der Waals surface area contributed by atoms with E-state index in [2.05, 4.69) is 69.1 Å². The molecule has 2 aliphatic heterocycles. The first-order valence-electron chi connectivity index (χ1n) is 10.5. The van der Waals surface area contributed by atoms with E-state index < -0.39 is 0 Å². The maximum Gasteiger partial charge on any atom is 0.227 e. The number of benzene rings is 1. The van der Waals surface area contributed by atoms with Crippen LogP contribution >= 0.6 is 22.7 Å². The van der Waals surface area contributed by atoms with Gasteiger partial charge in [-0.1, -0.05) is 36.4 Å². The SMILES string of the molecule is O=C(C1CCCN(Cc2ccccc2)C1)N1CCc2sccc2C1c1cccs1.